The summed E-state index contributed by atoms with van der Waals surface area (Å²) in [5.74, 6) is 0. The zero-order valence-electron chi connectivity index (χ0n) is 27.7. The largest absolute Gasteiger partial charge is 0.309 e. The summed E-state index contributed by atoms with van der Waals surface area (Å²) in [5.41, 5.74) is 8.37. The van der Waals surface area contributed by atoms with Crippen LogP contribution in [0.1, 0.15) is 29.2 Å². The molecule has 1 spiro atoms. The molecule has 4 heteroatoms. The van der Waals surface area contributed by atoms with Crippen molar-refractivity contribution in [2.24, 2.45) is 0 Å². The Morgan fingerprint density at radius 1 is 0.420 bits per heavy atom. The Balaban J connectivity index is 1.38. The fourth-order valence-electron chi connectivity index (χ4n) is 8.46. The van der Waals surface area contributed by atoms with Gasteiger partial charge in [0.25, 0.3) is 0 Å². The monoisotopic (exact) mass is 680 g/mol. The lowest BCUT2D eigenvalue weighted by Crippen LogP contribution is -2.30. The molecule has 0 N–H and O–H groups in total. The molecule has 0 saturated heterocycles. The molecule has 2 aliphatic rings. The van der Waals surface area contributed by atoms with Gasteiger partial charge in [0.1, 0.15) is 0 Å². The Hall–Kier alpha value is -5.26. The highest BCUT2D eigenvalue weighted by atomic mass is 31.2. The molecule has 2 nitrogen and oxygen atoms in total. The van der Waals surface area contributed by atoms with E-state index in [1.807, 2.05) is 104 Å². The van der Waals surface area contributed by atoms with E-state index in [-0.39, 0.29) is 0 Å². The maximum absolute atomic E-state index is 15.8. The first-order valence-corrected chi connectivity index (χ1v) is 20.3. The lowest BCUT2D eigenvalue weighted by molar-refractivity contribution is 0.590. The van der Waals surface area contributed by atoms with Crippen molar-refractivity contribution in [3.8, 4) is 22.3 Å². The molecular weight excluding hydrogens is 646 g/mol. The second kappa shape index (κ2) is 11.4. The van der Waals surface area contributed by atoms with Crippen LogP contribution in [-0.2, 0) is 14.5 Å². The minimum absolute atomic E-state index is 0.648. The average Bonchev–Trinajstić information content (AvgIpc) is 3.65. The Morgan fingerprint density at radius 3 is 1.28 bits per heavy atom. The van der Waals surface area contributed by atoms with Crippen LogP contribution in [0.2, 0.25) is 0 Å². The van der Waals surface area contributed by atoms with Gasteiger partial charge >= 0.3 is 0 Å². The number of hydrogen-bond acceptors (Lipinski definition) is 2. The zero-order chi connectivity index (χ0) is 34.1. The van der Waals surface area contributed by atoms with Crippen molar-refractivity contribution in [2.75, 3.05) is 0 Å². The predicted molar refractivity (Wildman–Crippen MR) is 210 cm³/mol. The Labute approximate surface area is 293 Å². The summed E-state index contributed by atoms with van der Waals surface area (Å²) >= 11 is 0. The van der Waals surface area contributed by atoms with Gasteiger partial charge < -0.3 is 9.13 Å². The molecule has 240 valence electrons. The van der Waals surface area contributed by atoms with Crippen molar-refractivity contribution in [2.45, 2.75) is 12.3 Å². The fourth-order valence-corrected chi connectivity index (χ4v) is 13.5. The molecule has 0 saturated carbocycles. The van der Waals surface area contributed by atoms with Crippen LogP contribution in [0.4, 0.5) is 0 Å². The van der Waals surface area contributed by atoms with E-state index in [4.69, 9.17) is 0 Å². The Kier molecular flexibility index (Phi) is 7.01. The highest BCUT2D eigenvalue weighted by Crippen LogP contribution is 2.64. The van der Waals surface area contributed by atoms with Crippen LogP contribution in [0.3, 0.4) is 0 Å². The van der Waals surface area contributed by atoms with Gasteiger partial charge in [0, 0.05) is 26.5 Å². The minimum Gasteiger partial charge on any atom is -0.309 e. The molecule has 50 heavy (non-hydrogen) atoms. The number of benzene rings is 7. The van der Waals surface area contributed by atoms with E-state index in [0.29, 0.717) is 5.31 Å². The van der Waals surface area contributed by atoms with Crippen molar-refractivity contribution in [1.29, 1.82) is 0 Å². The summed E-state index contributed by atoms with van der Waals surface area (Å²) in [5, 5.41) is 4.58. The third-order valence-corrected chi connectivity index (χ3v) is 16.8. The molecule has 9 rings (SSSR count). The molecule has 7 aromatic carbocycles. The van der Waals surface area contributed by atoms with E-state index in [0.717, 1.165) is 59.9 Å². The van der Waals surface area contributed by atoms with Gasteiger partial charge in [-0.25, -0.2) is 0 Å². The molecular formula is C46H34O2P2. The van der Waals surface area contributed by atoms with Crippen molar-refractivity contribution < 1.29 is 9.13 Å². The van der Waals surface area contributed by atoms with Crippen LogP contribution in [0, 0.1) is 0 Å². The van der Waals surface area contributed by atoms with E-state index in [9.17, 15) is 0 Å². The maximum atomic E-state index is 15.8. The predicted octanol–water partition coefficient (Wildman–Crippen LogP) is 9.52. The van der Waals surface area contributed by atoms with E-state index < -0.39 is 19.7 Å². The number of rotatable bonds is 6. The fraction of sp³-hybridized carbons (Fsp3) is 0.0435. The lowest BCUT2D eigenvalue weighted by atomic mass is 9.70. The van der Waals surface area contributed by atoms with E-state index in [1.165, 1.54) is 11.1 Å². The molecule has 0 aliphatic heterocycles. The van der Waals surface area contributed by atoms with Gasteiger partial charge in [0.2, 0.25) is 0 Å². The molecule has 2 atom stereocenters. The van der Waals surface area contributed by atoms with Gasteiger partial charge in [0.15, 0.2) is 14.3 Å². The maximum Gasteiger partial charge on any atom is 0.171 e. The van der Waals surface area contributed by atoms with Gasteiger partial charge in [-0.2, -0.15) is 0 Å². The first-order chi connectivity index (χ1) is 24.4. The minimum atomic E-state index is -3.28. The van der Waals surface area contributed by atoms with Crippen LogP contribution < -0.4 is 26.5 Å². The summed E-state index contributed by atoms with van der Waals surface area (Å²) < 4.78 is 31.0. The summed E-state index contributed by atoms with van der Waals surface area (Å²) in [4.78, 5) is 0. The van der Waals surface area contributed by atoms with Gasteiger partial charge in [-0.15, -0.1) is 0 Å². The Bertz CT molecular complexity index is 2520. The number of fused-ring (bicyclic) bond motifs is 10. The molecule has 0 radical (unpaired) electrons. The van der Waals surface area contributed by atoms with Crippen LogP contribution in [0.25, 0.3) is 22.3 Å². The van der Waals surface area contributed by atoms with E-state index in [1.54, 1.807) is 0 Å². The zero-order valence-corrected chi connectivity index (χ0v) is 29.5. The molecule has 0 aromatic heterocycles. The number of allylic oxidation sites excluding steroid dienone is 1. The van der Waals surface area contributed by atoms with Crippen LogP contribution in [0.5, 0.6) is 0 Å². The number of hydrogen-bond donors (Lipinski definition) is 0. The summed E-state index contributed by atoms with van der Waals surface area (Å²) in [6, 6.07) is 59.6. The smallest absolute Gasteiger partial charge is 0.171 e. The van der Waals surface area contributed by atoms with Crippen molar-refractivity contribution >= 4 is 40.8 Å². The summed E-state index contributed by atoms with van der Waals surface area (Å²) in [6.07, 6.45) is 0. The summed E-state index contributed by atoms with van der Waals surface area (Å²) in [7, 11) is -6.48. The molecule has 2 aliphatic carbocycles. The topological polar surface area (TPSA) is 34.1 Å². The van der Waals surface area contributed by atoms with Gasteiger partial charge in [-0.1, -0.05) is 170 Å². The third-order valence-electron chi connectivity index (χ3n) is 10.7. The van der Waals surface area contributed by atoms with Gasteiger partial charge in [-0.05, 0) is 68.9 Å². The molecule has 0 bridgehead atoms. The van der Waals surface area contributed by atoms with Gasteiger partial charge in [0.05, 0.1) is 5.41 Å². The molecule has 2 unspecified atom stereocenters. The lowest BCUT2D eigenvalue weighted by Gasteiger charge is -2.32. The molecule has 7 aromatic rings. The van der Waals surface area contributed by atoms with Crippen molar-refractivity contribution in [1.82, 2.24) is 0 Å². The quantitative estimate of drug-likeness (QED) is 0.164. The van der Waals surface area contributed by atoms with Crippen LogP contribution >= 0.6 is 14.3 Å². The first-order valence-electron chi connectivity index (χ1n) is 16.9. The second-order valence-corrected chi connectivity index (χ2v) is 19.0. The normalized spacial score (nSPS) is 16.6. The highest BCUT2D eigenvalue weighted by molar-refractivity contribution is 7.85. The standard InChI is InChI=1S/C46H34O2P2/c1-32(2)49(47,33-16-6-3-7-17-33)36-26-28-40-38-22-12-14-24-42(38)46(44(40)30-36)43-25-15-13-23-39(43)41-29-27-37(31-45(41)46)50(48,34-18-8-4-9-19-34)35-20-10-5-11-21-35/h3-31H,1H2,2H3. The SMILES string of the molecule is C=C(C)P(=O)(c1ccccc1)c1ccc2c(c1)C1(c3ccccc3-2)c2ccccc2-c2ccc(P(=O)(c3ccccc3)c3ccccc3)cc21. The molecule has 0 fully saturated rings. The van der Waals surface area contributed by atoms with Gasteiger partial charge in [-0.3, -0.25) is 0 Å². The van der Waals surface area contributed by atoms with Crippen molar-refractivity contribution in [3.05, 3.63) is 210 Å². The first kappa shape index (κ1) is 30.8. The molecule has 0 heterocycles. The average molecular weight is 681 g/mol. The van der Waals surface area contributed by atoms with E-state index in [2.05, 4.69) is 85.4 Å². The van der Waals surface area contributed by atoms with Crippen molar-refractivity contribution in [3.63, 3.8) is 0 Å². The second-order valence-electron chi connectivity index (χ2n) is 13.3. The highest BCUT2D eigenvalue weighted by Gasteiger charge is 2.52. The summed E-state index contributed by atoms with van der Waals surface area (Å²) in [6.45, 7) is 6.15. The van der Waals surface area contributed by atoms with Crippen LogP contribution in [-0.4, -0.2) is 0 Å². The van der Waals surface area contributed by atoms with Crippen LogP contribution in [0.15, 0.2) is 188 Å². The molecule has 0 amide bonds. The third kappa shape index (κ3) is 4.10. The Morgan fingerprint density at radius 2 is 0.800 bits per heavy atom. The van der Waals surface area contributed by atoms with E-state index >= 15 is 9.13 Å².